The molecule has 0 saturated carbocycles. The van der Waals surface area contributed by atoms with Crippen molar-refractivity contribution < 1.29 is 0 Å². The number of nitrogens with zero attached hydrogens (tertiary/aromatic N) is 1. The number of rotatable bonds is 4. The number of hydrogen-bond donors (Lipinski definition) is 3. The van der Waals surface area contributed by atoms with E-state index in [0.717, 1.165) is 0 Å². The molecule has 0 amide bonds. The molecule has 4 N–H and O–H groups in total. The fourth-order valence-corrected chi connectivity index (χ4v) is 1.68. The summed E-state index contributed by atoms with van der Waals surface area (Å²) in [6, 6.07) is 6.90. The Balaban J connectivity index is 2.86. The zero-order valence-electron chi connectivity index (χ0n) is 9.42. The fourth-order valence-electron chi connectivity index (χ4n) is 1.14. The van der Waals surface area contributed by atoms with E-state index in [1.807, 2.05) is 6.07 Å². The molecule has 1 rings (SSSR count). The van der Waals surface area contributed by atoms with Crippen LogP contribution in [-0.4, -0.2) is 4.99 Å². The van der Waals surface area contributed by atoms with Crippen LogP contribution in [0.15, 0.2) is 29.5 Å². The van der Waals surface area contributed by atoms with E-state index in [9.17, 15) is 0 Å². The molecule has 0 radical (unpaired) electrons. The lowest BCUT2D eigenvalue weighted by atomic mass is 10.2. The maximum absolute atomic E-state index is 8.87. The molecule has 1 aromatic carbocycles. The minimum atomic E-state index is 0.0292. The maximum atomic E-state index is 8.87. The molecule has 0 aliphatic heterocycles. The summed E-state index contributed by atoms with van der Waals surface area (Å²) in [5.74, 6) is 0. The van der Waals surface area contributed by atoms with Gasteiger partial charge in [0.2, 0.25) is 0 Å². The number of halogens is 2. The van der Waals surface area contributed by atoms with Gasteiger partial charge in [0.15, 0.2) is 0 Å². The number of anilines is 1. The predicted molar refractivity (Wildman–Crippen MR) is 78.3 cm³/mol. The third-order valence-corrected chi connectivity index (χ3v) is 2.82. The summed E-state index contributed by atoms with van der Waals surface area (Å²) in [4.78, 5) is 0.0292. The smallest absolute Gasteiger partial charge is 0.116 e. The van der Waals surface area contributed by atoms with Crippen molar-refractivity contribution in [1.29, 1.82) is 5.26 Å². The van der Waals surface area contributed by atoms with Crippen molar-refractivity contribution in [3.63, 3.8) is 0 Å². The highest BCUT2D eigenvalue weighted by molar-refractivity contribution is 7.80. The topological polar surface area (TPSA) is 73.9 Å². The van der Waals surface area contributed by atoms with Gasteiger partial charge in [0.25, 0.3) is 0 Å². The van der Waals surface area contributed by atoms with E-state index in [1.54, 1.807) is 25.1 Å². The zero-order chi connectivity index (χ0) is 13.7. The number of allylic oxidation sites excluding steroid dienone is 1. The van der Waals surface area contributed by atoms with Crippen LogP contribution in [0.4, 0.5) is 5.69 Å². The van der Waals surface area contributed by atoms with Crippen LogP contribution in [-0.2, 0) is 0 Å². The van der Waals surface area contributed by atoms with Crippen LogP contribution in [0.25, 0.3) is 0 Å². The number of hydrogen-bond acceptors (Lipinski definition) is 4. The van der Waals surface area contributed by atoms with Crippen LogP contribution in [0.3, 0.4) is 0 Å². The molecule has 4 nitrogen and oxygen atoms in total. The van der Waals surface area contributed by atoms with Gasteiger partial charge >= 0.3 is 0 Å². The highest BCUT2D eigenvalue weighted by atomic mass is 35.5. The minimum Gasteiger partial charge on any atom is -0.389 e. The van der Waals surface area contributed by atoms with Gasteiger partial charge in [-0.15, -0.1) is 0 Å². The molecule has 1 aromatic rings. The second-order valence-electron chi connectivity index (χ2n) is 3.35. The first-order valence-electron chi connectivity index (χ1n) is 4.83. The number of thiocarbonyl (C=S) groups is 1. The molecule has 0 unspecified atom stereocenters. The Morgan fingerprint density at radius 3 is 2.67 bits per heavy atom. The molecule has 94 valence electrons. The van der Waals surface area contributed by atoms with Crippen molar-refractivity contribution in [3.8, 4) is 6.07 Å². The fraction of sp³-hybridized carbons (Fsp3) is 0.0909. The molecule has 0 aromatic heterocycles. The Kier molecular flexibility index (Phi) is 5.23. The maximum Gasteiger partial charge on any atom is 0.116 e. The van der Waals surface area contributed by atoms with Gasteiger partial charge in [0.1, 0.15) is 16.6 Å². The van der Waals surface area contributed by atoms with Crippen LogP contribution in [0.5, 0.6) is 0 Å². The Labute approximate surface area is 120 Å². The molecule has 0 saturated heterocycles. The quantitative estimate of drug-likeness (QED) is 0.345. The average molecular weight is 301 g/mol. The Hall–Kier alpha value is -1.48. The predicted octanol–water partition coefficient (Wildman–Crippen LogP) is 2.99. The Bertz CT molecular complexity index is 548. The summed E-state index contributed by atoms with van der Waals surface area (Å²) < 4.78 is 0. The Morgan fingerprint density at radius 1 is 1.44 bits per heavy atom. The van der Waals surface area contributed by atoms with Gasteiger partial charge in [0, 0.05) is 10.7 Å². The van der Waals surface area contributed by atoms with E-state index < -0.39 is 0 Å². The van der Waals surface area contributed by atoms with Crippen molar-refractivity contribution in [2.75, 3.05) is 5.43 Å². The van der Waals surface area contributed by atoms with E-state index in [1.165, 1.54) is 0 Å². The van der Waals surface area contributed by atoms with Gasteiger partial charge in [0.05, 0.1) is 10.7 Å². The van der Waals surface area contributed by atoms with Gasteiger partial charge in [-0.25, -0.2) is 0 Å². The molecule has 0 aliphatic rings. The molecular weight excluding hydrogens is 291 g/mol. The number of nitriles is 1. The van der Waals surface area contributed by atoms with Crippen LogP contribution in [0, 0.1) is 11.3 Å². The highest BCUT2D eigenvalue weighted by Gasteiger charge is 2.06. The lowest BCUT2D eigenvalue weighted by molar-refractivity contribution is 0.955. The van der Waals surface area contributed by atoms with Gasteiger partial charge in [-0.2, -0.15) is 5.26 Å². The molecular formula is C11H10Cl2N4S. The normalized spacial score (nSPS) is 11.2. The molecule has 0 aliphatic carbocycles. The van der Waals surface area contributed by atoms with E-state index in [4.69, 9.17) is 46.4 Å². The lowest BCUT2D eigenvalue weighted by Crippen LogP contribution is -2.24. The number of hydrazine groups is 1. The molecule has 0 heterocycles. The average Bonchev–Trinajstić information content (AvgIpc) is 2.30. The highest BCUT2D eigenvalue weighted by Crippen LogP contribution is 2.24. The van der Waals surface area contributed by atoms with E-state index in [2.05, 4.69) is 10.9 Å². The summed E-state index contributed by atoms with van der Waals surface area (Å²) in [6.45, 7) is 1.67. The number of benzene rings is 1. The summed E-state index contributed by atoms with van der Waals surface area (Å²) >= 11 is 16.6. The van der Waals surface area contributed by atoms with E-state index in [-0.39, 0.29) is 10.6 Å². The molecule has 7 heteroatoms. The van der Waals surface area contributed by atoms with Crippen molar-refractivity contribution in [2.45, 2.75) is 6.92 Å². The monoisotopic (exact) mass is 300 g/mol. The third kappa shape index (κ3) is 3.77. The van der Waals surface area contributed by atoms with Crippen molar-refractivity contribution in [3.05, 3.63) is 39.5 Å². The summed E-state index contributed by atoms with van der Waals surface area (Å²) in [5, 5.41) is 9.91. The van der Waals surface area contributed by atoms with E-state index in [0.29, 0.717) is 21.4 Å². The molecule has 0 spiro atoms. The molecule has 0 atom stereocenters. The molecule has 0 fully saturated rings. The second-order valence-corrected chi connectivity index (χ2v) is 4.63. The van der Waals surface area contributed by atoms with Crippen LogP contribution < -0.4 is 16.6 Å². The largest absolute Gasteiger partial charge is 0.389 e. The van der Waals surface area contributed by atoms with Crippen LogP contribution in [0.1, 0.15) is 6.92 Å². The third-order valence-electron chi connectivity index (χ3n) is 2.05. The SMILES string of the molecule is CC(NNc1cc(Cl)ccc1Cl)=C(C#N)C(N)=S. The number of nitrogens with one attached hydrogen (secondary N) is 2. The minimum absolute atomic E-state index is 0.0292. The lowest BCUT2D eigenvalue weighted by Gasteiger charge is -2.12. The van der Waals surface area contributed by atoms with Crippen molar-refractivity contribution >= 4 is 46.1 Å². The van der Waals surface area contributed by atoms with Crippen molar-refractivity contribution in [2.24, 2.45) is 5.73 Å². The first-order chi connectivity index (χ1) is 8.45. The van der Waals surface area contributed by atoms with Crippen molar-refractivity contribution in [1.82, 2.24) is 5.43 Å². The van der Waals surface area contributed by atoms with Crippen LogP contribution in [0.2, 0.25) is 10.0 Å². The molecule has 0 bridgehead atoms. The standard InChI is InChI=1S/C11H10Cl2N4S/c1-6(8(5-14)11(15)18)16-17-10-4-7(12)2-3-9(10)13/h2-4,16-17H,1H3,(H2,15,18). The Morgan fingerprint density at radius 2 is 2.11 bits per heavy atom. The van der Waals surface area contributed by atoms with E-state index >= 15 is 0 Å². The number of nitrogens with two attached hydrogens (primary N) is 1. The first kappa shape index (κ1) is 14.6. The van der Waals surface area contributed by atoms with Gasteiger partial charge < -0.3 is 11.2 Å². The van der Waals surface area contributed by atoms with Crippen LogP contribution >= 0.6 is 35.4 Å². The molecule has 18 heavy (non-hydrogen) atoms. The first-order valence-corrected chi connectivity index (χ1v) is 6.00. The zero-order valence-corrected chi connectivity index (χ0v) is 11.7. The van der Waals surface area contributed by atoms with Gasteiger partial charge in [-0.05, 0) is 25.1 Å². The summed E-state index contributed by atoms with van der Waals surface area (Å²) in [6.07, 6.45) is 0. The second kappa shape index (κ2) is 6.45. The summed E-state index contributed by atoms with van der Waals surface area (Å²) in [7, 11) is 0. The van der Waals surface area contributed by atoms with Gasteiger partial charge in [-0.3, -0.25) is 5.43 Å². The summed E-state index contributed by atoms with van der Waals surface area (Å²) in [5.41, 5.74) is 12.3. The van der Waals surface area contributed by atoms with Gasteiger partial charge in [-0.1, -0.05) is 35.4 Å².